The van der Waals surface area contributed by atoms with Gasteiger partial charge < -0.3 is 5.32 Å². The minimum atomic E-state index is -0.331. The molecule has 0 spiro atoms. The fourth-order valence-electron chi connectivity index (χ4n) is 2.00. The Labute approximate surface area is 94.9 Å². The van der Waals surface area contributed by atoms with E-state index in [2.05, 4.69) is 5.32 Å². The molecule has 2 rings (SSSR count). The molecule has 1 aliphatic rings. The number of benzene rings is 1. The van der Waals surface area contributed by atoms with Gasteiger partial charge in [0.05, 0.1) is 6.04 Å². The molecule has 1 atom stereocenters. The largest absolute Gasteiger partial charge is 0.375 e. The standard InChI is InChI=1S/C13H15NO2/c1-2-12(15)13(16)11-8-7-9-5-3-4-6-10(9)14-11/h3-6,11,14H,2,7-8H2,1H3. The molecule has 16 heavy (non-hydrogen) atoms. The number of hydrogen-bond acceptors (Lipinski definition) is 3. The molecule has 1 aromatic rings. The Balaban J connectivity index is 2.14. The van der Waals surface area contributed by atoms with E-state index in [1.165, 1.54) is 5.56 Å². The number of Topliss-reactive ketones (excluding diaryl/α,β-unsaturated/α-hetero) is 2. The number of aryl methyl sites for hydroxylation is 1. The van der Waals surface area contributed by atoms with Crippen molar-refractivity contribution in [2.75, 3.05) is 5.32 Å². The summed E-state index contributed by atoms with van der Waals surface area (Å²) in [6, 6.07) is 7.58. The first-order chi connectivity index (χ1) is 7.72. The summed E-state index contributed by atoms with van der Waals surface area (Å²) in [6.07, 6.45) is 1.86. The van der Waals surface area contributed by atoms with E-state index in [1.807, 2.05) is 24.3 Å². The highest BCUT2D eigenvalue weighted by atomic mass is 16.2. The number of carbonyl (C=O) groups excluding carboxylic acids is 2. The van der Waals surface area contributed by atoms with Gasteiger partial charge in [0.1, 0.15) is 0 Å². The lowest BCUT2D eigenvalue weighted by molar-refractivity contribution is -0.136. The summed E-state index contributed by atoms with van der Waals surface area (Å²) in [5, 5.41) is 3.14. The molecule has 84 valence electrons. The number of anilines is 1. The summed E-state index contributed by atoms with van der Waals surface area (Å²) in [4.78, 5) is 23.1. The monoisotopic (exact) mass is 217 g/mol. The third-order valence-electron chi connectivity index (χ3n) is 2.96. The Morgan fingerprint density at radius 2 is 2.12 bits per heavy atom. The maximum Gasteiger partial charge on any atom is 0.220 e. The summed E-state index contributed by atoms with van der Waals surface area (Å²) in [5.74, 6) is -0.561. The summed E-state index contributed by atoms with van der Waals surface area (Å²) < 4.78 is 0. The van der Waals surface area contributed by atoms with E-state index in [0.717, 1.165) is 12.1 Å². The van der Waals surface area contributed by atoms with Gasteiger partial charge in [0.2, 0.25) is 5.78 Å². The van der Waals surface area contributed by atoms with Gasteiger partial charge in [-0.2, -0.15) is 0 Å². The van der Waals surface area contributed by atoms with Crippen LogP contribution in [-0.2, 0) is 16.0 Å². The van der Waals surface area contributed by atoms with Gasteiger partial charge >= 0.3 is 0 Å². The molecule has 0 saturated heterocycles. The third kappa shape index (κ3) is 1.98. The van der Waals surface area contributed by atoms with Crippen molar-refractivity contribution < 1.29 is 9.59 Å². The van der Waals surface area contributed by atoms with E-state index in [4.69, 9.17) is 0 Å². The Morgan fingerprint density at radius 3 is 2.88 bits per heavy atom. The van der Waals surface area contributed by atoms with Crippen LogP contribution in [0.5, 0.6) is 0 Å². The van der Waals surface area contributed by atoms with Crippen LogP contribution in [0.3, 0.4) is 0 Å². The predicted molar refractivity (Wildman–Crippen MR) is 62.5 cm³/mol. The number of ketones is 2. The van der Waals surface area contributed by atoms with E-state index >= 15 is 0 Å². The Kier molecular flexibility index (Phi) is 3.04. The topological polar surface area (TPSA) is 46.2 Å². The van der Waals surface area contributed by atoms with Crippen LogP contribution in [-0.4, -0.2) is 17.6 Å². The van der Waals surface area contributed by atoms with E-state index in [0.29, 0.717) is 12.8 Å². The lowest BCUT2D eigenvalue weighted by atomic mass is 9.94. The highest BCUT2D eigenvalue weighted by molar-refractivity contribution is 6.39. The van der Waals surface area contributed by atoms with Gasteiger partial charge in [0.15, 0.2) is 5.78 Å². The molecule has 1 aromatic carbocycles. The van der Waals surface area contributed by atoms with Gasteiger partial charge in [0, 0.05) is 12.1 Å². The van der Waals surface area contributed by atoms with Crippen LogP contribution in [0.4, 0.5) is 5.69 Å². The van der Waals surface area contributed by atoms with E-state index < -0.39 is 0 Å². The van der Waals surface area contributed by atoms with Crippen molar-refractivity contribution in [3.8, 4) is 0 Å². The maximum absolute atomic E-state index is 11.7. The van der Waals surface area contributed by atoms with Crippen LogP contribution in [0.15, 0.2) is 24.3 Å². The van der Waals surface area contributed by atoms with Gasteiger partial charge in [-0.25, -0.2) is 0 Å². The molecular formula is C13H15NO2. The van der Waals surface area contributed by atoms with Crippen LogP contribution in [0, 0.1) is 0 Å². The molecule has 1 heterocycles. The second kappa shape index (κ2) is 4.47. The number of nitrogens with one attached hydrogen (secondary N) is 1. The summed E-state index contributed by atoms with van der Waals surface area (Å²) in [7, 11) is 0. The van der Waals surface area contributed by atoms with Crippen LogP contribution in [0.2, 0.25) is 0 Å². The highest BCUT2D eigenvalue weighted by Gasteiger charge is 2.27. The van der Waals surface area contributed by atoms with Crippen molar-refractivity contribution >= 4 is 17.3 Å². The number of rotatable bonds is 3. The molecule has 0 saturated carbocycles. The first kappa shape index (κ1) is 10.9. The van der Waals surface area contributed by atoms with Crippen molar-refractivity contribution in [2.24, 2.45) is 0 Å². The van der Waals surface area contributed by atoms with Crippen LogP contribution in [0.25, 0.3) is 0 Å². The number of para-hydroxylation sites is 1. The van der Waals surface area contributed by atoms with E-state index in [9.17, 15) is 9.59 Å². The smallest absolute Gasteiger partial charge is 0.220 e. The number of carbonyl (C=O) groups is 2. The average Bonchev–Trinajstić information content (AvgIpc) is 2.36. The SMILES string of the molecule is CCC(=O)C(=O)C1CCc2ccccc2N1. The molecule has 3 nitrogen and oxygen atoms in total. The summed E-state index contributed by atoms with van der Waals surface area (Å²) in [5.41, 5.74) is 2.20. The average molecular weight is 217 g/mol. The van der Waals surface area contributed by atoms with Crippen molar-refractivity contribution in [3.63, 3.8) is 0 Å². The molecule has 1 N–H and O–H groups in total. The molecule has 0 bridgehead atoms. The van der Waals surface area contributed by atoms with Crippen LogP contribution < -0.4 is 5.32 Å². The molecule has 0 amide bonds. The molecule has 0 aliphatic carbocycles. The fraction of sp³-hybridized carbons (Fsp3) is 0.385. The maximum atomic E-state index is 11.7. The Bertz CT molecular complexity index is 426. The van der Waals surface area contributed by atoms with Crippen molar-refractivity contribution in [1.29, 1.82) is 0 Å². The first-order valence-electron chi connectivity index (χ1n) is 5.64. The van der Waals surface area contributed by atoms with Crippen molar-refractivity contribution in [2.45, 2.75) is 32.2 Å². The minimum Gasteiger partial charge on any atom is -0.375 e. The zero-order chi connectivity index (χ0) is 11.5. The normalized spacial score (nSPS) is 18.4. The molecule has 0 fully saturated rings. The van der Waals surface area contributed by atoms with Crippen molar-refractivity contribution in [1.82, 2.24) is 0 Å². The third-order valence-corrected chi connectivity index (χ3v) is 2.96. The van der Waals surface area contributed by atoms with Crippen LogP contribution in [0.1, 0.15) is 25.3 Å². The van der Waals surface area contributed by atoms with Gasteiger partial charge in [-0.15, -0.1) is 0 Å². The highest BCUT2D eigenvalue weighted by Crippen LogP contribution is 2.24. The van der Waals surface area contributed by atoms with Crippen molar-refractivity contribution in [3.05, 3.63) is 29.8 Å². The van der Waals surface area contributed by atoms with Gasteiger partial charge in [-0.1, -0.05) is 25.1 Å². The molecular weight excluding hydrogens is 202 g/mol. The molecule has 1 unspecified atom stereocenters. The lowest BCUT2D eigenvalue weighted by Gasteiger charge is -2.25. The van der Waals surface area contributed by atoms with E-state index in [-0.39, 0.29) is 17.6 Å². The van der Waals surface area contributed by atoms with E-state index in [1.54, 1.807) is 6.92 Å². The van der Waals surface area contributed by atoms with Crippen LogP contribution >= 0.6 is 0 Å². The Hall–Kier alpha value is -1.64. The van der Waals surface area contributed by atoms with Gasteiger partial charge in [0.25, 0.3) is 0 Å². The summed E-state index contributed by atoms with van der Waals surface area (Å²) >= 11 is 0. The predicted octanol–water partition coefficient (Wildman–Crippen LogP) is 1.96. The molecule has 0 radical (unpaired) electrons. The Morgan fingerprint density at radius 1 is 1.38 bits per heavy atom. The molecule has 3 heteroatoms. The molecule has 0 aromatic heterocycles. The summed E-state index contributed by atoms with van der Waals surface area (Å²) in [6.45, 7) is 1.72. The number of hydrogen-bond donors (Lipinski definition) is 1. The zero-order valence-electron chi connectivity index (χ0n) is 9.32. The number of fused-ring (bicyclic) bond motifs is 1. The fourth-order valence-corrected chi connectivity index (χ4v) is 2.00. The first-order valence-corrected chi connectivity index (χ1v) is 5.64. The zero-order valence-corrected chi connectivity index (χ0v) is 9.32. The quantitative estimate of drug-likeness (QED) is 0.787. The molecule has 1 aliphatic heterocycles. The lowest BCUT2D eigenvalue weighted by Crippen LogP contribution is -2.37. The minimum absolute atomic E-state index is 0.281. The van der Waals surface area contributed by atoms with Gasteiger partial charge in [-0.05, 0) is 24.5 Å². The van der Waals surface area contributed by atoms with Gasteiger partial charge in [-0.3, -0.25) is 9.59 Å². The second-order valence-electron chi connectivity index (χ2n) is 4.03. The second-order valence-corrected chi connectivity index (χ2v) is 4.03.